The van der Waals surface area contributed by atoms with Gasteiger partial charge in [0.15, 0.2) is 0 Å². The van der Waals surface area contributed by atoms with Crippen molar-refractivity contribution < 1.29 is 9.59 Å². The van der Waals surface area contributed by atoms with Crippen LogP contribution < -0.4 is 15.1 Å². The van der Waals surface area contributed by atoms with Gasteiger partial charge in [0.05, 0.1) is 17.0 Å². The second-order valence-electron chi connectivity index (χ2n) is 11.4. The maximum atomic E-state index is 14.5. The molecule has 222 valence electrons. The Morgan fingerprint density at radius 3 is 2.50 bits per heavy atom. The van der Waals surface area contributed by atoms with Crippen LogP contribution in [0.4, 0.5) is 11.6 Å². The number of aromatic nitrogens is 3. The molecule has 0 atom stereocenters. The highest BCUT2D eigenvalue weighted by atomic mass is 16.2. The van der Waals surface area contributed by atoms with E-state index >= 15 is 0 Å². The van der Waals surface area contributed by atoms with Crippen LogP contribution >= 0.6 is 0 Å². The first-order valence-corrected chi connectivity index (χ1v) is 14.9. The Morgan fingerprint density at radius 1 is 0.976 bits per heavy atom. The summed E-state index contributed by atoms with van der Waals surface area (Å²) < 4.78 is 0. The molecule has 1 fully saturated rings. The Kier molecular flexibility index (Phi) is 9.76. The summed E-state index contributed by atoms with van der Waals surface area (Å²) in [5.41, 5.74) is 4.20. The number of benzene rings is 1. The van der Waals surface area contributed by atoms with Gasteiger partial charge in [0.25, 0.3) is 5.91 Å². The number of carbonyl (C=O) groups excluding carboxylic acids is 2. The van der Waals surface area contributed by atoms with E-state index in [9.17, 15) is 9.59 Å². The van der Waals surface area contributed by atoms with E-state index in [0.717, 1.165) is 61.5 Å². The number of pyridine rings is 1. The number of anilines is 2. The smallest absolute Gasteiger partial charge is 0.257 e. The summed E-state index contributed by atoms with van der Waals surface area (Å²) in [7, 11) is 3.84. The van der Waals surface area contributed by atoms with Crippen molar-refractivity contribution in [3.63, 3.8) is 0 Å². The van der Waals surface area contributed by atoms with E-state index in [1.165, 1.54) is 0 Å². The Hall–Kier alpha value is -3.89. The third kappa shape index (κ3) is 7.11. The molecule has 10 heteroatoms. The van der Waals surface area contributed by atoms with Crippen LogP contribution in [0.25, 0.3) is 0 Å². The molecule has 1 aromatic carbocycles. The van der Waals surface area contributed by atoms with Crippen LogP contribution in [-0.4, -0.2) is 89.9 Å². The largest absolute Gasteiger partial charge is 0.347 e. The molecular weight excluding hydrogens is 528 g/mol. The molecule has 0 bridgehead atoms. The summed E-state index contributed by atoms with van der Waals surface area (Å²) in [5.74, 6) is 0.727. The molecule has 3 aromatic rings. The van der Waals surface area contributed by atoms with Gasteiger partial charge in [0.2, 0.25) is 11.9 Å². The van der Waals surface area contributed by atoms with Gasteiger partial charge in [-0.15, -0.1) is 0 Å². The first kappa shape index (κ1) is 29.6. The fourth-order valence-electron chi connectivity index (χ4n) is 5.86. The van der Waals surface area contributed by atoms with Gasteiger partial charge in [0, 0.05) is 84.3 Å². The fourth-order valence-corrected chi connectivity index (χ4v) is 5.86. The second-order valence-corrected chi connectivity index (χ2v) is 11.4. The standard InChI is InChI=1S/C32H42N8O2/c1-24(41)40-18-8-17-38(23-27-10-6-7-14-34-27)19-20-39(22-26-9-4-5-11-29(26)40)31(42)28-21-35-32(37(2)3)36-30(28)25-12-15-33-16-13-25/h4-7,9-11,14,21,25,33H,8,12-13,15-20,22-23H2,1-3H3. The monoisotopic (exact) mass is 570 g/mol. The molecule has 2 aliphatic heterocycles. The Balaban J connectivity index is 1.51. The minimum Gasteiger partial charge on any atom is -0.347 e. The predicted octanol–water partition coefficient (Wildman–Crippen LogP) is 3.31. The highest BCUT2D eigenvalue weighted by Crippen LogP contribution is 2.30. The zero-order chi connectivity index (χ0) is 29.5. The molecule has 1 N–H and O–H groups in total. The third-order valence-corrected chi connectivity index (χ3v) is 8.13. The van der Waals surface area contributed by atoms with E-state index in [2.05, 4.69) is 20.2 Å². The summed E-state index contributed by atoms with van der Waals surface area (Å²) in [5, 5.41) is 3.42. The van der Waals surface area contributed by atoms with Gasteiger partial charge >= 0.3 is 0 Å². The summed E-state index contributed by atoms with van der Waals surface area (Å²) in [6.07, 6.45) is 6.20. The van der Waals surface area contributed by atoms with Crippen molar-refractivity contribution >= 4 is 23.5 Å². The normalized spacial score (nSPS) is 17.3. The second kappa shape index (κ2) is 13.8. The van der Waals surface area contributed by atoms with Crippen LogP contribution in [0.5, 0.6) is 0 Å². The maximum Gasteiger partial charge on any atom is 0.257 e. The van der Waals surface area contributed by atoms with Gasteiger partial charge in [0.1, 0.15) is 0 Å². The van der Waals surface area contributed by atoms with E-state index in [4.69, 9.17) is 4.98 Å². The van der Waals surface area contributed by atoms with Crippen LogP contribution in [0, 0.1) is 0 Å². The van der Waals surface area contributed by atoms with Crippen LogP contribution in [0.2, 0.25) is 0 Å². The summed E-state index contributed by atoms with van der Waals surface area (Å²) in [4.78, 5) is 49.3. The van der Waals surface area contributed by atoms with E-state index in [1.807, 2.05) is 77.5 Å². The molecule has 10 nitrogen and oxygen atoms in total. The Labute approximate surface area is 248 Å². The van der Waals surface area contributed by atoms with Crippen molar-refractivity contribution in [1.82, 2.24) is 30.1 Å². The first-order chi connectivity index (χ1) is 20.4. The highest BCUT2D eigenvalue weighted by molar-refractivity contribution is 5.96. The number of para-hydroxylation sites is 1. The fraction of sp³-hybridized carbons (Fsp3) is 0.469. The van der Waals surface area contributed by atoms with Crippen LogP contribution in [0.1, 0.15) is 59.4 Å². The number of amides is 2. The summed E-state index contributed by atoms with van der Waals surface area (Å²) in [6.45, 7) is 7.09. The number of rotatable bonds is 5. The molecule has 2 amide bonds. The Morgan fingerprint density at radius 2 is 1.76 bits per heavy atom. The molecule has 0 spiro atoms. The summed E-state index contributed by atoms with van der Waals surface area (Å²) >= 11 is 0. The van der Waals surface area contributed by atoms with Crippen molar-refractivity contribution in [2.24, 2.45) is 0 Å². The lowest BCUT2D eigenvalue weighted by molar-refractivity contribution is -0.116. The molecule has 0 unspecified atom stereocenters. The molecule has 2 aromatic heterocycles. The van der Waals surface area contributed by atoms with Crippen molar-refractivity contribution in [2.45, 2.75) is 45.2 Å². The topological polar surface area (TPSA) is 97.8 Å². The Bertz CT molecular complexity index is 1360. The molecule has 0 aliphatic carbocycles. The molecule has 0 radical (unpaired) electrons. The molecule has 42 heavy (non-hydrogen) atoms. The van der Waals surface area contributed by atoms with Gasteiger partial charge in [-0.3, -0.25) is 19.5 Å². The highest BCUT2D eigenvalue weighted by Gasteiger charge is 2.29. The number of nitrogens with one attached hydrogen (secondary N) is 1. The van der Waals surface area contributed by atoms with Gasteiger partial charge in [-0.25, -0.2) is 9.97 Å². The minimum atomic E-state index is -0.0740. The SMILES string of the molecule is CC(=O)N1CCCN(Cc2ccccn2)CCN(C(=O)c2cnc(N(C)C)nc2C2CCNCC2)Cc2ccccc21. The van der Waals surface area contributed by atoms with Crippen LogP contribution in [0.3, 0.4) is 0 Å². The zero-order valence-electron chi connectivity index (χ0n) is 25.0. The van der Waals surface area contributed by atoms with Gasteiger partial charge < -0.3 is 20.0 Å². The summed E-state index contributed by atoms with van der Waals surface area (Å²) in [6, 6.07) is 13.9. The number of fused-ring (bicyclic) bond motifs is 1. The molecule has 5 rings (SSSR count). The number of piperidine rings is 1. The van der Waals surface area contributed by atoms with Gasteiger partial charge in [-0.1, -0.05) is 24.3 Å². The van der Waals surface area contributed by atoms with E-state index in [0.29, 0.717) is 44.2 Å². The van der Waals surface area contributed by atoms with Crippen LogP contribution in [-0.2, 0) is 17.9 Å². The van der Waals surface area contributed by atoms with E-state index in [-0.39, 0.29) is 17.7 Å². The van der Waals surface area contributed by atoms with Crippen molar-refractivity contribution in [1.29, 1.82) is 0 Å². The molecular formula is C32H42N8O2. The molecule has 0 saturated carbocycles. The van der Waals surface area contributed by atoms with E-state index in [1.54, 1.807) is 13.1 Å². The van der Waals surface area contributed by atoms with Crippen molar-refractivity contribution in [3.8, 4) is 0 Å². The minimum absolute atomic E-state index is 0.00304. The maximum absolute atomic E-state index is 14.5. The van der Waals surface area contributed by atoms with Crippen LogP contribution in [0.15, 0.2) is 54.9 Å². The zero-order valence-corrected chi connectivity index (χ0v) is 25.0. The lowest BCUT2D eigenvalue weighted by atomic mass is 9.91. The number of nitrogens with zero attached hydrogens (tertiary/aromatic N) is 7. The molecule has 1 saturated heterocycles. The molecule has 4 heterocycles. The molecule has 2 aliphatic rings. The lowest BCUT2D eigenvalue weighted by Crippen LogP contribution is -2.39. The number of hydrogen-bond acceptors (Lipinski definition) is 8. The first-order valence-electron chi connectivity index (χ1n) is 14.9. The number of hydrogen-bond donors (Lipinski definition) is 1. The third-order valence-electron chi connectivity index (χ3n) is 8.13. The average Bonchev–Trinajstić information content (AvgIpc) is 3.04. The lowest BCUT2D eigenvalue weighted by Gasteiger charge is -2.30. The van der Waals surface area contributed by atoms with Crippen molar-refractivity contribution in [2.75, 3.05) is 63.2 Å². The predicted molar refractivity (Wildman–Crippen MR) is 165 cm³/mol. The van der Waals surface area contributed by atoms with Gasteiger partial charge in [-0.05, 0) is 56.1 Å². The number of carbonyl (C=O) groups is 2. The van der Waals surface area contributed by atoms with Crippen molar-refractivity contribution in [3.05, 3.63) is 77.4 Å². The average molecular weight is 571 g/mol. The quantitative estimate of drug-likeness (QED) is 0.499. The van der Waals surface area contributed by atoms with E-state index < -0.39 is 0 Å². The van der Waals surface area contributed by atoms with Gasteiger partial charge in [-0.2, -0.15) is 0 Å².